The third kappa shape index (κ3) is 3.96. The second kappa shape index (κ2) is 7.04. The number of ether oxygens (including phenoxy) is 1. The van der Waals surface area contributed by atoms with Crippen LogP contribution in [0.1, 0.15) is 18.4 Å². The van der Waals surface area contributed by atoms with E-state index in [-0.39, 0.29) is 11.9 Å². The van der Waals surface area contributed by atoms with Crippen molar-refractivity contribution in [2.24, 2.45) is 11.8 Å². The number of phenolic OH excluding ortho intramolecular Hbond substituents is 1. The Balaban J connectivity index is 1.24. The number of hydrogen-bond acceptors (Lipinski definition) is 3. The molecule has 1 N–H and O–H groups in total. The summed E-state index contributed by atoms with van der Waals surface area (Å²) in [6, 6.07) is 13.8. The fourth-order valence-electron chi connectivity index (χ4n) is 4.28. The van der Waals surface area contributed by atoms with Gasteiger partial charge in [0.25, 0.3) is 0 Å². The van der Waals surface area contributed by atoms with Crippen molar-refractivity contribution in [3.05, 3.63) is 59.9 Å². The fourth-order valence-corrected chi connectivity index (χ4v) is 4.28. The molecule has 1 saturated heterocycles. The Bertz CT molecular complexity index is 687. The van der Waals surface area contributed by atoms with Crippen molar-refractivity contribution in [1.29, 1.82) is 0 Å². The zero-order chi connectivity index (χ0) is 17.2. The molecule has 4 rings (SSSR count). The molecule has 2 aromatic rings. The van der Waals surface area contributed by atoms with Crippen LogP contribution in [0.4, 0.5) is 4.39 Å². The highest BCUT2D eigenvalue weighted by Crippen LogP contribution is 2.39. The molecule has 0 unspecified atom stereocenters. The average molecular weight is 341 g/mol. The van der Waals surface area contributed by atoms with Crippen molar-refractivity contribution in [2.75, 3.05) is 19.6 Å². The van der Waals surface area contributed by atoms with E-state index in [0.717, 1.165) is 44.6 Å². The van der Waals surface area contributed by atoms with Gasteiger partial charge in [0, 0.05) is 19.6 Å². The number of aromatic hydroxyl groups is 1. The number of benzene rings is 2. The largest absolute Gasteiger partial charge is 0.508 e. The lowest BCUT2D eigenvalue weighted by atomic mass is 10.0. The molecule has 0 amide bonds. The van der Waals surface area contributed by atoms with Gasteiger partial charge in [-0.25, -0.2) is 4.39 Å². The Morgan fingerprint density at radius 2 is 1.60 bits per heavy atom. The van der Waals surface area contributed by atoms with Crippen LogP contribution in [-0.2, 0) is 6.42 Å². The molecular formula is C21H24FNO2. The minimum atomic E-state index is -0.222. The molecule has 3 nitrogen and oxygen atoms in total. The van der Waals surface area contributed by atoms with E-state index in [1.807, 2.05) is 12.1 Å². The van der Waals surface area contributed by atoms with E-state index >= 15 is 0 Å². The quantitative estimate of drug-likeness (QED) is 0.896. The number of phenols is 1. The zero-order valence-electron chi connectivity index (χ0n) is 14.3. The molecule has 132 valence electrons. The van der Waals surface area contributed by atoms with Crippen LogP contribution in [-0.4, -0.2) is 35.7 Å². The molecule has 1 heterocycles. The number of rotatable bonds is 5. The van der Waals surface area contributed by atoms with E-state index in [4.69, 9.17) is 4.74 Å². The first kappa shape index (κ1) is 16.4. The standard InChI is InChI=1S/C21H24FNO2/c22-18-3-7-20(8-4-18)25-21-11-16-13-23(14-17(16)12-21)10-9-15-1-5-19(24)6-2-15/h1-8,16-17,21,24H,9-14H2/t16-,17+,21+. The van der Waals surface area contributed by atoms with Gasteiger partial charge >= 0.3 is 0 Å². The molecule has 2 aromatic carbocycles. The molecule has 1 aliphatic heterocycles. The lowest BCUT2D eigenvalue weighted by Crippen LogP contribution is -2.26. The zero-order valence-corrected chi connectivity index (χ0v) is 14.3. The molecule has 2 fully saturated rings. The first-order valence-electron chi connectivity index (χ1n) is 9.08. The Morgan fingerprint density at radius 1 is 0.960 bits per heavy atom. The van der Waals surface area contributed by atoms with Crippen LogP contribution in [0.15, 0.2) is 48.5 Å². The summed E-state index contributed by atoms with van der Waals surface area (Å²) in [7, 11) is 0. The molecule has 1 saturated carbocycles. The monoisotopic (exact) mass is 341 g/mol. The van der Waals surface area contributed by atoms with Crippen LogP contribution in [0.2, 0.25) is 0 Å². The van der Waals surface area contributed by atoms with Gasteiger partial charge in [-0.2, -0.15) is 0 Å². The molecule has 1 aliphatic carbocycles. The van der Waals surface area contributed by atoms with E-state index in [1.165, 1.54) is 17.7 Å². The van der Waals surface area contributed by atoms with Gasteiger partial charge in [0.1, 0.15) is 17.3 Å². The van der Waals surface area contributed by atoms with Crippen molar-refractivity contribution >= 4 is 0 Å². The van der Waals surface area contributed by atoms with E-state index in [9.17, 15) is 9.50 Å². The first-order valence-corrected chi connectivity index (χ1v) is 9.08. The van der Waals surface area contributed by atoms with Crippen molar-refractivity contribution < 1.29 is 14.2 Å². The molecular weight excluding hydrogens is 317 g/mol. The summed E-state index contributed by atoms with van der Waals surface area (Å²) in [5.41, 5.74) is 1.27. The van der Waals surface area contributed by atoms with E-state index in [1.54, 1.807) is 24.3 Å². The highest BCUT2D eigenvalue weighted by molar-refractivity contribution is 5.26. The van der Waals surface area contributed by atoms with Gasteiger partial charge in [0.2, 0.25) is 0 Å². The van der Waals surface area contributed by atoms with Gasteiger partial charge in [-0.15, -0.1) is 0 Å². The molecule has 3 atom stereocenters. The van der Waals surface area contributed by atoms with Crippen LogP contribution in [0.3, 0.4) is 0 Å². The number of hydrogen-bond donors (Lipinski definition) is 1. The third-order valence-electron chi connectivity index (χ3n) is 5.55. The SMILES string of the molecule is Oc1ccc(CCN2C[C@H]3C[C@H](Oc4ccc(F)cc4)C[C@H]3C2)cc1. The highest BCUT2D eigenvalue weighted by Gasteiger charge is 2.41. The van der Waals surface area contributed by atoms with Gasteiger partial charge in [0.15, 0.2) is 0 Å². The fraction of sp³-hybridized carbons (Fsp3) is 0.429. The molecule has 0 spiro atoms. The van der Waals surface area contributed by atoms with Crippen LogP contribution in [0.5, 0.6) is 11.5 Å². The minimum Gasteiger partial charge on any atom is -0.508 e. The Hall–Kier alpha value is -2.07. The van der Waals surface area contributed by atoms with Gasteiger partial charge in [-0.3, -0.25) is 0 Å². The van der Waals surface area contributed by atoms with Gasteiger partial charge in [-0.05, 0) is 73.1 Å². The maximum Gasteiger partial charge on any atom is 0.123 e. The summed E-state index contributed by atoms with van der Waals surface area (Å²) in [4.78, 5) is 2.55. The first-order chi connectivity index (χ1) is 12.2. The molecule has 2 aliphatic rings. The van der Waals surface area contributed by atoms with Crippen LogP contribution in [0.25, 0.3) is 0 Å². The smallest absolute Gasteiger partial charge is 0.123 e. The van der Waals surface area contributed by atoms with Crippen molar-refractivity contribution in [3.8, 4) is 11.5 Å². The molecule has 0 aromatic heterocycles. The maximum absolute atomic E-state index is 13.0. The predicted molar refractivity (Wildman–Crippen MR) is 95.3 cm³/mol. The Labute approximate surface area is 148 Å². The number of fused-ring (bicyclic) bond motifs is 1. The van der Waals surface area contributed by atoms with Gasteiger partial charge in [-0.1, -0.05) is 12.1 Å². The summed E-state index contributed by atoms with van der Waals surface area (Å²) in [6.45, 7) is 3.36. The highest BCUT2D eigenvalue weighted by atomic mass is 19.1. The molecule has 0 radical (unpaired) electrons. The van der Waals surface area contributed by atoms with Gasteiger partial charge < -0.3 is 14.7 Å². The second-order valence-electron chi connectivity index (χ2n) is 7.36. The lowest BCUT2D eigenvalue weighted by molar-refractivity contribution is 0.186. The van der Waals surface area contributed by atoms with Crippen molar-refractivity contribution in [1.82, 2.24) is 4.90 Å². The number of halogens is 1. The summed E-state index contributed by atoms with van der Waals surface area (Å²) in [5, 5.41) is 9.35. The normalized spacial score (nSPS) is 25.9. The second-order valence-corrected chi connectivity index (χ2v) is 7.36. The lowest BCUT2D eigenvalue weighted by Gasteiger charge is -2.20. The van der Waals surface area contributed by atoms with Crippen molar-refractivity contribution in [3.63, 3.8) is 0 Å². The van der Waals surface area contributed by atoms with E-state index < -0.39 is 0 Å². The van der Waals surface area contributed by atoms with Crippen LogP contribution < -0.4 is 4.74 Å². The molecule has 0 bridgehead atoms. The van der Waals surface area contributed by atoms with E-state index in [2.05, 4.69) is 4.90 Å². The Kier molecular flexibility index (Phi) is 4.62. The average Bonchev–Trinajstić information content (AvgIpc) is 3.14. The summed E-state index contributed by atoms with van der Waals surface area (Å²) in [6.07, 6.45) is 3.48. The minimum absolute atomic E-state index is 0.222. The predicted octanol–water partition coefficient (Wildman–Crippen LogP) is 3.86. The van der Waals surface area contributed by atoms with Crippen LogP contribution in [0, 0.1) is 17.7 Å². The van der Waals surface area contributed by atoms with Crippen LogP contribution >= 0.6 is 0 Å². The maximum atomic E-state index is 13.0. The summed E-state index contributed by atoms with van der Waals surface area (Å²) >= 11 is 0. The Morgan fingerprint density at radius 3 is 2.24 bits per heavy atom. The number of nitrogens with zero attached hydrogens (tertiary/aromatic N) is 1. The topological polar surface area (TPSA) is 32.7 Å². The van der Waals surface area contributed by atoms with E-state index in [0.29, 0.717) is 17.6 Å². The van der Waals surface area contributed by atoms with Gasteiger partial charge in [0.05, 0.1) is 6.10 Å². The molecule has 25 heavy (non-hydrogen) atoms. The number of likely N-dealkylation sites (tertiary alicyclic amines) is 1. The van der Waals surface area contributed by atoms with Crippen molar-refractivity contribution in [2.45, 2.75) is 25.4 Å². The summed E-state index contributed by atoms with van der Waals surface area (Å²) in [5.74, 6) is 2.30. The molecule has 4 heteroatoms. The third-order valence-corrected chi connectivity index (χ3v) is 5.55. The summed E-state index contributed by atoms with van der Waals surface area (Å²) < 4.78 is 19.0.